The molecule has 18 heavy (non-hydrogen) atoms. The monoisotopic (exact) mass is 280 g/mol. The number of rotatable bonds is 4. The van der Waals surface area contributed by atoms with E-state index in [1.165, 1.54) is 10.5 Å². The Morgan fingerprint density at radius 1 is 1.22 bits per heavy atom. The van der Waals surface area contributed by atoms with Crippen LogP contribution < -0.4 is 4.74 Å². The highest BCUT2D eigenvalue weighted by molar-refractivity contribution is 7.98. The third-order valence-corrected chi connectivity index (χ3v) is 3.52. The van der Waals surface area contributed by atoms with Gasteiger partial charge in [-0.15, -0.1) is 11.8 Å². The number of ether oxygens (including phenoxy) is 1. The third kappa shape index (κ3) is 3.62. The lowest BCUT2D eigenvalue weighted by Gasteiger charge is -2.04. The highest BCUT2D eigenvalue weighted by Gasteiger charge is 2.04. The minimum absolute atomic E-state index is 0.404. The predicted octanol–water partition coefficient (Wildman–Crippen LogP) is 3.74. The molecule has 0 saturated carbocycles. The molecule has 1 heterocycles. The van der Waals surface area contributed by atoms with Crippen LogP contribution in [0.1, 0.15) is 11.4 Å². The van der Waals surface area contributed by atoms with Crippen molar-refractivity contribution in [2.24, 2.45) is 0 Å². The van der Waals surface area contributed by atoms with Gasteiger partial charge in [-0.2, -0.15) is 4.98 Å². The molecule has 1 aromatic carbocycles. The van der Waals surface area contributed by atoms with Gasteiger partial charge in [-0.05, 0) is 19.1 Å². The Hall–Kier alpha value is -1.26. The van der Waals surface area contributed by atoms with Gasteiger partial charge in [0.15, 0.2) is 0 Å². The minimum atomic E-state index is 0.404. The zero-order valence-electron chi connectivity index (χ0n) is 10.2. The first-order chi connectivity index (χ1) is 8.67. The van der Waals surface area contributed by atoms with Crippen molar-refractivity contribution in [2.75, 3.05) is 7.11 Å². The molecule has 0 radical (unpaired) electrons. The van der Waals surface area contributed by atoms with E-state index in [0.29, 0.717) is 22.6 Å². The first kappa shape index (κ1) is 13.2. The number of benzene rings is 1. The summed E-state index contributed by atoms with van der Waals surface area (Å²) in [6, 6.07) is 9.94. The summed E-state index contributed by atoms with van der Waals surface area (Å²) in [5.74, 6) is 1.83. The molecule has 1 aromatic heterocycles. The highest BCUT2D eigenvalue weighted by atomic mass is 35.5. The average Bonchev–Trinajstić information content (AvgIpc) is 2.37. The summed E-state index contributed by atoms with van der Waals surface area (Å²) in [6.45, 7) is 2.07. The summed E-state index contributed by atoms with van der Waals surface area (Å²) < 4.78 is 5.06. The second-order valence-electron chi connectivity index (χ2n) is 3.75. The van der Waals surface area contributed by atoms with E-state index in [1.807, 2.05) is 0 Å². The molecular formula is C13H13ClN2OS. The Bertz CT molecular complexity index is 531. The molecule has 0 bridgehead atoms. The molecule has 0 aliphatic rings. The zero-order valence-corrected chi connectivity index (χ0v) is 11.8. The molecule has 0 fully saturated rings. The lowest BCUT2D eigenvalue weighted by atomic mass is 10.2. The van der Waals surface area contributed by atoms with Crippen LogP contribution in [0.3, 0.4) is 0 Å². The van der Waals surface area contributed by atoms with E-state index in [9.17, 15) is 0 Å². The second-order valence-corrected chi connectivity index (χ2v) is 5.19. The van der Waals surface area contributed by atoms with Crippen molar-refractivity contribution in [1.29, 1.82) is 0 Å². The van der Waals surface area contributed by atoms with Crippen molar-refractivity contribution in [2.45, 2.75) is 17.6 Å². The van der Waals surface area contributed by atoms with Crippen LogP contribution >= 0.6 is 23.4 Å². The molecule has 0 saturated heterocycles. The van der Waals surface area contributed by atoms with Crippen LogP contribution in [0.15, 0.2) is 35.2 Å². The third-order valence-electron chi connectivity index (χ3n) is 2.32. The fourth-order valence-corrected chi connectivity index (χ4v) is 2.34. The van der Waals surface area contributed by atoms with Gasteiger partial charge in [0, 0.05) is 11.0 Å². The van der Waals surface area contributed by atoms with Gasteiger partial charge in [0.1, 0.15) is 11.0 Å². The van der Waals surface area contributed by atoms with E-state index in [2.05, 4.69) is 41.2 Å². The SMILES string of the molecule is COc1cc(Cl)nc(CSc2ccc(C)cc2)n1. The smallest absolute Gasteiger partial charge is 0.217 e. The lowest BCUT2D eigenvalue weighted by molar-refractivity contribution is 0.395. The standard InChI is InChI=1S/C13H13ClN2OS/c1-9-3-5-10(6-4-9)18-8-12-15-11(14)7-13(16-12)17-2/h3-7H,8H2,1-2H3. The summed E-state index contributed by atoms with van der Waals surface area (Å²) in [6.07, 6.45) is 0. The van der Waals surface area contributed by atoms with E-state index in [-0.39, 0.29) is 0 Å². The summed E-state index contributed by atoms with van der Waals surface area (Å²) in [7, 11) is 1.57. The summed E-state index contributed by atoms with van der Waals surface area (Å²) in [5, 5.41) is 0.404. The van der Waals surface area contributed by atoms with Crippen LogP contribution in [0.25, 0.3) is 0 Å². The molecule has 94 valence electrons. The van der Waals surface area contributed by atoms with E-state index < -0.39 is 0 Å². The number of aryl methyl sites for hydroxylation is 1. The molecule has 0 aliphatic heterocycles. The summed E-state index contributed by atoms with van der Waals surface area (Å²) in [4.78, 5) is 9.60. The molecule has 2 rings (SSSR count). The second kappa shape index (κ2) is 6.07. The largest absolute Gasteiger partial charge is 0.481 e. The molecule has 2 aromatic rings. The van der Waals surface area contributed by atoms with Crippen LogP contribution in [-0.2, 0) is 5.75 Å². The maximum Gasteiger partial charge on any atom is 0.217 e. The lowest BCUT2D eigenvalue weighted by Crippen LogP contribution is -1.96. The molecule has 0 unspecified atom stereocenters. The van der Waals surface area contributed by atoms with Crippen molar-refractivity contribution < 1.29 is 4.74 Å². The van der Waals surface area contributed by atoms with Crippen molar-refractivity contribution in [3.8, 4) is 5.88 Å². The number of methoxy groups -OCH3 is 1. The van der Waals surface area contributed by atoms with Gasteiger partial charge in [-0.3, -0.25) is 0 Å². The van der Waals surface area contributed by atoms with Gasteiger partial charge >= 0.3 is 0 Å². The Labute approximate surface area is 116 Å². The molecule has 5 heteroatoms. The van der Waals surface area contributed by atoms with Crippen LogP contribution in [0.4, 0.5) is 0 Å². The number of aromatic nitrogens is 2. The maximum absolute atomic E-state index is 5.89. The molecule has 0 N–H and O–H groups in total. The quantitative estimate of drug-likeness (QED) is 0.631. The Morgan fingerprint density at radius 2 is 1.94 bits per heavy atom. The fraction of sp³-hybridized carbons (Fsp3) is 0.231. The molecule has 3 nitrogen and oxygen atoms in total. The number of hydrogen-bond donors (Lipinski definition) is 0. The van der Waals surface area contributed by atoms with E-state index >= 15 is 0 Å². The van der Waals surface area contributed by atoms with Crippen LogP contribution in [0, 0.1) is 6.92 Å². The van der Waals surface area contributed by atoms with Crippen LogP contribution in [-0.4, -0.2) is 17.1 Å². The van der Waals surface area contributed by atoms with Crippen molar-refractivity contribution in [3.05, 3.63) is 46.9 Å². The number of nitrogens with zero attached hydrogens (tertiary/aromatic N) is 2. The highest BCUT2D eigenvalue weighted by Crippen LogP contribution is 2.23. The number of hydrogen-bond acceptors (Lipinski definition) is 4. The van der Waals surface area contributed by atoms with Crippen LogP contribution in [0.5, 0.6) is 5.88 Å². The van der Waals surface area contributed by atoms with Gasteiger partial charge < -0.3 is 4.74 Å². The number of thioether (sulfide) groups is 1. The van der Waals surface area contributed by atoms with Gasteiger partial charge in [0.25, 0.3) is 0 Å². The first-order valence-corrected chi connectivity index (χ1v) is 6.80. The van der Waals surface area contributed by atoms with Crippen molar-refractivity contribution in [3.63, 3.8) is 0 Å². The molecule has 0 aliphatic carbocycles. The predicted molar refractivity (Wildman–Crippen MR) is 74.3 cm³/mol. The van der Waals surface area contributed by atoms with E-state index in [1.54, 1.807) is 24.9 Å². The molecule has 0 atom stereocenters. The topological polar surface area (TPSA) is 35.0 Å². The van der Waals surface area contributed by atoms with Gasteiger partial charge in [0.2, 0.25) is 5.88 Å². The first-order valence-electron chi connectivity index (χ1n) is 5.44. The van der Waals surface area contributed by atoms with Gasteiger partial charge in [-0.1, -0.05) is 29.3 Å². The van der Waals surface area contributed by atoms with E-state index in [4.69, 9.17) is 16.3 Å². The molecule has 0 spiro atoms. The summed E-state index contributed by atoms with van der Waals surface area (Å²) in [5.41, 5.74) is 1.25. The average molecular weight is 281 g/mol. The van der Waals surface area contributed by atoms with Crippen molar-refractivity contribution in [1.82, 2.24) is 9.97 Å². The normalized spacial score (nSPS) is 10.4. The zero-order chi connectivity index (χ0) is 13.0. The minimum Gasteiger partial charge on any atom is -0.481 e. The Kier molecular flexibility index (Phi) is 4.44. The number of halogens is 1. The Balaban J connectivity index is 2.05. The molecular weight excluding hydrogens is 268 g/mol. The summed E-state index contributed by atoms with van der Waals surface area (Å²) >= 11 is 7.56. The Morgan fingerprint density at radius 3 is 2.61 bits per heavy atom. The van der Waals surface area contributed by atoms with Crippen LogP contribution in [0.2, 0.25) is 5.15 Å². The fourth-order valence-electron chi connectivity index (χ4n) is 1.39. The molecule has 0 amide bonds. The maximum atomic E-state index is 5.89. The van der Waals surface area contributed by atoms with Gasteiger partial charge in [0.05, 0.1) is 12.9 Å². The van der Waals surface area contributed by atoms with Gasteiger partial charge in [-0.25, -0.2) is 4.98 Å². The van der Waals surface area contributed by atoms with Crippen molar-refractivity contribution >= 4 is 23.4 Å². The van der Waals surface area contributed by atoms with E-state index in [0.717, 1.165) is 0 Å².